The molecule has 15 heavy (non-hydrogen) atoms. The van der Waals surface area contributed by atoms with Crippen LogP contribution in [-0.2, 0) is 4.74 Å². The number of carbonyl (C=O) groups is 1. The molecule has 0 atom stereocenters. The highest BCUT2D eigenvalue weighted by molar-refractivity contribution is 9.09. The van der Waals surface area contributed by atoms with Crippen molar-refractivity contribution in [1.82, 2.24) is 0 Å². The van der Waals surface area contributed by atoms with E-state index in [1.807, 2.05) is 12.1 Å². The molecule has 80 valence electrons. The molecule has 0 bridgehead atoms. The minimum absolute atomic E-state index is 0.290. The molecule has 2 nitrogen and oxygen atoms in total. The normalized spacial score (nSPS) is 9.73. The summed E-state index contributed by atoms with van der Waals surface area (Å²) in [5.74, 6) is -0.290. The number of esters is 1. The van der Waals surface area contributed by atoms with Crippen molar-refractivity contribution in [2.75, 3.05) is 11.9 Å². The Balaban J connectivity index is 2.92. The van der Waals surface area contributed by atoms with Crippen molar-refractivity contribution in [3.05, 3.63) is 42.0 Å². The van der Waals surface area contributed by atoms with Crippen LogP contribution in [0.1, 0.15) is 22.8 Å². The summed E-state index contributed by atoms with van der Waals surface area (Å²) in [5, 5.41) is 0.694. The molecular weight excluding hydrogens is 256 g/mol. The summed E-state index contributed by atoms with van der Waals surface area (Å²) in [6.45, 7) is 6.07. The highest BCUT2D eigenvalue weighted by Gasteiger charge is 2.07. The van der Waals surface area contributed by atoms with Gasteiger partial charge in [0.2, 0.25) is 0 Å². The standard InChI is InChI=1S/C12H13BrO2/c1-3-15-12(14)11-6-4-5-10(7-11)9(2)8-13/h4-7H,2-3,8H2,1H3. The predicted molar refractivity (Wildman–Crippen MR) is 65.2 cm³/mol. The van der Waals surface area contributed by atoms with Crippen LogP contribution in [0.25, 0.3) is 5.57 Å². The van der Waals surface area contributed by atoms with Crippen LogP contribution in [0, 0.1) is 0 Å². The van der Waals surface area contributed by atoms with Gasteiger partial charge in [-0.15, -0.1) is 0 Å². The van der Waals surface area contributed by atoms with Gasteiger partial charge in [0.15, 0.2) is 0 Å². The number of hydrogen-bond donors (Lipinski definition) is 0. The van der Waals surface area contributed by atoms with Crippen molar-refractivity contribution < 1.29 is 9.53 Å². The SMILES string of the molecule is C=C(CBr)c1cccc(C(=O)OCC)c1. The van der Waals surface area contributed by atoms with Crippen LogP contribution in [0.2, 0.25) is 0 Å². The van der Waals surface area contributed by atoms with E-state index in [9.17, 15) is 4.79 Å². The van der Waals surface area contributed by atoms with Crippen LogP contribution in [0.15, 0.2) is 30.8 Å². The van der Waals surface area contributed by atoms with Crippen LogP contribution < -0.4 is 0 Å². The Kier molecular flexibility index (Phi) is 4.56. The van der Waals surface area contributed by atoms with E-state index in [1.54, 1.807) is 19.1 Å². The Morgan fingerprint density at radius 1 is 1.47 bits per heavy atom. The Bertz CT molecular complexity index is 372. The maximum atomic E-state index is 11.4. The minimum Gasteiger partial charge on any atom is -0.462 e. The summed E-state index contributed by atoms with van der Waals surface area (Å²) in [6.07, 6.45) is 0. The zero-order valence-corrected chi connectivity index (χ0v) is 10.2. The molecule has 0 aliphatic rings. The van der Waals surface area contributed by atoms with Gasteiger partial charge in [0, 0.05) is 5.33 Å². The smallest absolute Gasteiger partial charge is 0.338 e. The molecule has 1 rings (SSSR count). The summed E-state index contributed by atoms with van der Waals surface area (Å²) >= 11 is 3.33. The Labute approximate surface area is 98.1 Å². The van der Waals surface area contributed by atoms with E-state index in [0.29, 0.717) is 17.5 Å². The Morgan fingerprint density at radius 3 is 2.73 bits per heavy atom. The van der Waals surface area contributed by atoms with Crippen LogP contribution >= 0.6 is 15.9 Å². The first kappa shape index (κ1) is 12.0. The lowest BCUT2D eigenvalue weighted by molar-refractivity contribution is 0.0526. The third-order valence-electron chi connectivity index (χ3n) is 1.94. The molecule has 1 aromatic carbocycles. The minimum atomic E-state index is -0.290. The van der Waals surface area contributed by atoms with E-state index in [1.165, 1.54) is 0 Å². The number of allylic oxidation sites excluding steroid dienone is 1. The summed E-state index contributed by atoms with van der Waals surface area (Å²) in [7, 11) is 0. The lowest BCUT2D eigenvalue weighted by Gasteiger charge is -2.05. The molecule has 1 aromatic rings. The van der Waals surface area contributed by atoms with E-state index in [4.69, 9.17) is 4.74 Å². The first-order valence-electron chi connectivity index (χ1n) is 4.70. The number of hydrogen-bond acceptors (Lipinski definition) is 2. The molecule has 0 saturated heterocycles. The van der Waals surface area contributed by atoms with Crippen molar-refractivity contribution in [2.45, 2.75) is 6.92 Å². The fourth-order valence-corrected chi connectivity index (χ4v) is 1.48. The second-order valence-electron chi connectivity index (χ2n) is 3.04. The van der Waals surface area contributed by atoms with E-state index in [0.717, 1.165) is 11.1 Å². The maximum Gasteiger partial charge on any atom is 0.338 e. The van der Waals surface area contributed by atoms with Crippen molar-refractivity contribution >= 4 is 27.5 Å². The maximum absolute atomic E-state index is 11.4. The van der Waals surface area contributed by atoms with Gasteiger partial charge in [-0.05, 0) is 30.2 Å². The topological polar surface area (TPSA) is 26.3 Å². The molecule has 0 radical (unpaired) electrons. The highest BCUT2D eigenvalue weighted by atomic mass is 79.9. The Morgan fingerprint density at radius 2 is 2.13 bits per heavy atom. The van der Waals surface area contributed by atoms with Gasteiger partial charge >= 0.3 is 5.97 Å². The van der Waals surface area contributed by atoms with Gasteiger partial charge in [-0.2, -0.15) is 0 Å². The monoisotopic (exact) mass is 268 g/mol. The van der Waals surface area contributed by atoms with Crippen molar-refractivity contribution in [3.8, 4) is 0 Å². The lowest BCUT2D eigenvalue weighted by Crippen LogP contribution is -2.04. The summed E-state index contributed by atoms with van der Waals surface area (Å²) in [6, 6.07) is 7.28. The zero-order chi connectivity index (χ0) is 11.3. The van der Waals surface area contributed by atoms with Crippen molar-refractivity contribution in [1.29, 1.82) is 0 Å². The number of alkyl halides is 1. The summed E-state index contributed by atoms with van der Waals surface area (Å²) in [4.78, 5) is 11.4. The molecule has 0 aliphatic heterocycles. The third-order valence-corrected chi connectivity index (χ3v) is 2.62. The third kappa shape index (κ3) is 3.20. The second kappa shape index (κ2) is 5.71. The molecule has 0 saturated carbocycles. The van der Waals surface area contributed by atoms with Gasteiger partial charge in [-0.25, -0.2) is 4.79 Å². The first-order chi connectivity index (χ1) is 7.19. The predicted octanol–water partition coefficient (Wildman–Crippen LogP) is 3.27. The first-order valence-corrected chi connectivity index (χ1v) is 5.82. The van der Waals surface area contributed by atoms with Crippen LogP contribution in [0.3, 0.4) is 0 Å². The largest absolute Gasteiger partial charge is 0.462 e. The Hall–Kier alpha value is -1.09. The summed E-state index contributed by atoms with van der Waals surface area (Å²) in [5.41, 5.74) is 2.47. The molecule has 0 fully saturated rings. The van der Waals surface area contributed by atoms with E-state index in [-0.39, 0.29) is 5.97 Å². The highest BCUT2D eigenvalue weighted by Crippen LogP contribution is 2.16. The van der Waals surface area contributed by atoms with E-state index < -0.39 is 0 Å². The molecule has 0 aliphatic carbocycles. The summed E-state index contributed by atoms with van der Waals surface area (Å²) < 4.78 is 4.92. The van der Waals surface area contributed by atoms with Gasteiger partial charge in [0.25, 0.3) is 0 Å². The quantitative estimate of drug-likeness (QED) is 0.619. The van der Waals surface area contributed by atoms with Crippen molar-refractivity contribution in [3.63, 3.8) is 0 Å². The molecule has 0 spiro atoms. The van der Waals surface area contributed by atoms with E-state index in [2.05, 4.69) is 22.5 Å². The van der Waals surface area contributed by atoms with Gasteiger partial charge in [-0.1, -0.05) is 34.6 Å². The van der Waals surface area contributed by atoms with Gasteiger partial charge in [0.1, 0.15) is 0 Å². The van der Waals surface area contributed by atoms with Crippen LogP contribution in [0.4, 0.5) is 0 Å². The van der Waals surface area contributed by atoms with Crippen LogP contribution in [-0.4, -0.2) is 17.9 Å². The number of ether oxygens (including phenoxy) is 1. The number of halogens is 1. The molecule has 0 unspecified atom stereocenters. The average molecular weight is 269 g/mol. The lowest BCUT2D eigenvalue weighted by atomic mass is 10.1. The fourth-order valence-electron chi connectivity index (χ4n) is 1.16. The second-order valence-corrected chi connectivity index (χ2v) is 3.60. The number of carbonyl (C=O) groups excluding carboxylic acids is 1. The molecule has 0 heterocycles. The molecule has 3 heteroatoms. The van der Waals surface area contributed by atoms with Gasteiger partial charge in [-0.3, -0.25) is 0 Å². The van der Waals surface area contributed by atoms with Gasteiger partial charge in [0.05, 0.1) is 12.2 Å². The average Bonchev–Trinajstić information content (AvgIpc) is 2.28. The zero-order valence-electron chi connectivity index (χ0n) is 8.63. The molecular formula is C12H13BrO2. The van der Waals surface area contributed by atoms with E-state index >= 15 is 0 Å². The fraction of sp³-hybridized carbons (Fsp3) is 0.250. The molecule has 0 amide bonds. The van der Waals surface area contributed by atoms with Crippen LogP contribution in [0.5, 0.6) is 0 Å². The molecule has 0 N–H and O–H groups in total. The molecule has 0 aromatic heterocycles. The van der Waals surface area contributed by atoms with Crippen molar-refractivity contribution in [2.24, 2.45) is 0 Å². The number of rotatable bonds is 4. The number of benzene rings is 1. The van der Waals surface area contributed by atoms with Gasteiger partial charge < -0.3 is 4.74 Å².